The number of anilines is 1. The third-order valence-corrected chi connectivity index (χ3v) is 3.51. The Morgan fingerprint density at radius 2 is 2.05 bits per heavy atom. The summed E-state index contributed by atoms with van der Waals surface area (Å²) in [5, 5.41) is 0. The molecule has 20 heavy (non-hydrogen) atoms. The van der Waals surface area contributed by atoms with Crippen molar-refractivity contribution in [1.82, 2.24) is 14.7 Å². The Bertz CT molecular complexity index is 611. The smallest absolute Gasteiger partial charge is 0.208 e. The van der Waals surface area contributed by atoms with Crippen LogP contribution in [0, 0.1) is 0 Å². The number of hydrogen-bond donors (Lipinski definition) is 2. The van der Waals surface area contributed by atoms with Gasteiger partial charge in [-0.05, 0) is 12.1 Å². The summed E-state index contributed by atoms with van der Waals surface area (Å²) in [4.78, 5) is 9.14. The Morgan fingerprint density at radius 1 is 1.30 bits per heavy atom. The van der Waals surface area contributed by atoms with E-state index in [1.54, 1.807) is 12.5 Å². The van der Waals surface area contributed by atoms with E-state index in [9.17, 15) is 8.42 Å². The Hall–Kier alpha value is -1.86. The lowest BCUT2D eigenvalue weighted by molar-refractivity contribution is 0.586. The van der Waals surface area contributed by atoms with E-state index in [0.29, 0.717) is 19.6 Å². The first-order valence-electron chi connectivity index (χ1n) is 6.26. The molecule has 0 radical (unpaired) electrons. The number of aromatic nitrogens is 2. The molecule has 6 nitrogen and oxygen atoms in total. The van der Waals surface area contributed by atoms with E-state index in [-0.39, 0.29) is 0 Å². The summed E-state index contributed by atoms with van der Waals surface area (Å²) in [6.45, 7) is 1.59. The molecule has 1 aromatic heterocycles. The molecule has 0 aliphatic heterocycles. The van der Waals surface area contributed by atoms with E-state index in [0.717, 1.165) is 17.6 Å². The quantitative estimate of drug-likeness (QED) is 0.797. The second-order valence-electron chi connectivity index (χ2n) is 4.50. The average molecular weight is 294 g/mol. The number of H-pyrrole nitrogens is 1. The highest BCUT2D eigenvalue weighted by Crippen LogP contribution is 2.15. The van der Waals surface area contributed by atoms with Crippen molar-refractivity contribution in [2.75, 3.05) is 24.2 Å². The van der Waals surface area contributed by atoms with Crippen LogP contribution >= 0.6 is 0 Å². The predicted molar refractivity (Wildman–Crippen MR) is 78.9 cm³/mol. The van der Waals surface area contributed by atoms with E-state index < -0.39 is 10.0 Å². The standard InChI is InChI=1S/C13H18N4O2S/c1-20(18,19)16-7-8-17(10-12-9-14-11-15-12)13-5-3-2-4-6-13/h2-6,9,11,16H,7-8,10H2,1H3,(H,14,15). The fourth-order valence-electron chi connectivity index (χ4n) is 1.88. The molecule has 0 saturated carbocycles. The molecule has 2 rings (SSSR count). The van der Waals surface area contributed by atoms with Crippen LogP contribution < -0.4 is 9.62 Å². The summed E-state index contributed by atoms with van der Waals surface area (Å²) in [6.07, 6.45) is 4.56. The van der Waals surface area contributed by atoms with Crippen molar-refractivity contribution in [3.8, 4) is 0 Å². The Balaban J connectivity index is 2.04. The molecule has 0 fully saturated rings. The maximum atomic E-state index is 11.1. The first-order valence-corrected chi connectivity index (χ1v) is 8.15. The van der Waals surface area contributed by atoms with Gasteiger partial charge in [0.15, 0.2) is 0 Å². The van der Waals surface area contributed by atoms with Crippen LogP contribution in [0.3, 0.4) is 0 Å². The fraction of sp³-hybridized carbons (Fsp3) is 0.308. The zero-order valence-corrected chi connectivity index (χ0v) is 12.1. The summed E-state index contributed by atoms with van der Waals surface area (Å²) in [5.41, 5.74) is 2.02. The molecule has 0 atom stereocenters. The van der Waals surface area contributed by atoms with E-state index in [2.05, 4.69) is 19.6 Å². The highest BCUT2D eigenvalue weighted by Gasteiger charge is 2.09. The van der Waals surface area contributed by atoms with Gasteiger partial charge in [0.1, 0.15) is 0 Å². The van der Waals surface area contributed by atoms with Crippen LogP contribution in [0.25, 0.3) is 0 Å². The number of nitrogens with one attached hydrogen (secondary N) is 2. The number of sulfonamides is 1. The highest BCUT2D eigenvalue weighted by molar-refractivity contribution is 7.88. The number of benzene rings is 1. The molecule has 2 aromatic rings. The lowest BCUT2D eigenvalue weighted by atomic mass is 10.2. The van der Waals surface area contributed by atoms with Gasteiger partial charge in [0.25, 0.3) is 0 Å². The first-order chi connectivity index (χ1) is 9.54. The number of rotatable bonds is 7. The number of para-hydroxylation sites is 1. The molecule has 0 saturated heterocycles. The maximum Gasteiger partial charge on any atom is 0.208 e. The Labute approximate surface area is 118 Å². The third-order valence-electron chi connectivity index (χ3n) is 2.78. The van der Waals surface area contributed by atoms with Gasteiger partial charge in [0, 0.05) is 25.0 Å². The summed E-state index contributed by atoms with van der Waals surface area (Å²) in [5.74, 6) is 0. The lowest BCUT2D eigenvalue weighted by Crippen LogP contribution is -2.34. The van der Waals surface area contributed by atoms with Crippen LogP contribution in [0.4, 0.5) is 5.69 Å². The Kier molecular flexibility index (Phi) is 4.75. The van der Waals surface area contributed by atoms with Crippen LogP contribution in [0.15, 0.2) is 42.9 Å². The topological polar surface area (TPSA) is 78.1 Å². The minimum atomic E-state index is -3.16. The third kappa shape index (κ3) is 4.67. The van der Waals surface area contributed by atoms with Gasteiger partial charge in [-0.1, -0.05) is 18.2 Å². The van der Waals surface area contributed by atoms with Crippen molar-refractivity contribution in [2.45, 2.75) is 6.54 Å². The fourth-order valence-corrected chi connectivity index (χ4v) is 2.34. The van der Waals surface area contributed by atoms with E-state index in [1.807, 2.05) is 30.3 Å². The normalized spacial score (nSPS) is 11.4. The van der Waals surface area contributed by atoms with Gasteiger partial charge in [-0.15, -0.1) is 0 Å². The van der Waals surface area contributed by atoms with Crippen LogP contribution in [-0.2, 0) is 16.6 Å². The zero-order valence-electron chi connectivity index (χ0n) is 11.3. The average Bonchev–Trinajstić information content (AvgIpc) is 2.90. The number of imidazole rings is 1. The molecule has 0 unspecified atom stereocenters. The SMILES string of the molecule is CS(=O)(=O)NCCN(Cc1cnc[nH]1)c1ccccc1. The summed E-state index contributed by atoms with van der Waals surface area (Å²) in [6, 6.07) is 9.86. The van der Waals surface area contributed by atoms with Crippen molar-refractivity contribution in [1.29, 1.82) is 0 Å². The second kappa shape index (κ2) is 6.53. The molecule has 0 bridgehead atoms. The van der Waals surface area contributed by atoms with Crippen molar-refractivity contribution in [2.24, 2.45) is 0 Å². The van der Waals surface area contributed by atoms with Crippen LogP contribution in [0.5, 0.6) is 0 Å². The van der Waals surface area contributed by atoms with Gasteiger partial charge in [-0.2, -0.15) is 0 Å². The highest BCUT2D eigenvalue weighted by atomic mass is 32.2. The van der Waals surface area contributed by atoms with Crippen LogP contribution in [0.1, 0.15) is 5.69 Å². The second-order valence-corrected chi connectivity index (χ2v) is 6.33. The molecule has 0 aliphatic rings. The van der Waals surface area contributed by atoms with Gasteiger partial charge in [0.05, 0.1) is 24.8 Å². The van der Waals surface area contributed by atoms with E-state index in [4.69, 9.17) is 0 Å². The summed E-state index contributed by atoms with van der Waals surface area (Å²) in [7, 11) is -3.16. The Morgan fingerprint density at radius 3 is 2.65 bits per heavy atom. The molecule has 0 amide bonds. The largest absolute Gasteiger partial charge is 0.364 e. The maximum absolute atomic E-state index is 11.1. The molecule has 1 heterocycles. The van der Waals surface area contributed by atoms with E-state index >= 15 is 0 Å². The van der Waals surface area contributed by atoms with Crippen molar-refractivity contribution in [3.05, 3.63) is 48.5 Å². The van der Waals surface area contributed by atoms with Crippen LogP contribution in [0.2, 0.25) is 0 Å². The first kappa shape index (κ1) is 14.5. The summed E-state index contributed by atoms with van der Waals surface area (Å²) >= 11 is 0. The molecular weight excluding hydrogens is 276 g/mol. The molecule has 2 N–H and O–H groups in total. The van der Waals surface area contributed by atoms with Crippen molar-refractivity contribution >= 4 is 15.7 Å². The molecule has 1 aromatic carbocycles. The molecule has 0 aliphatic carbocycles. The lowest BCUT2D eigenvalue weighted by Gasteiger charge is -2.24. The van der Waals surface area contributed by atoms with Gasteiger partial charge in [0.2, 0.25) is 10.0 Å². The molecular formula is C13H18N4O2S. The van der Waals surface area contributed by atoms with Gasteiger partial charge in [-0.3, -0.25) is 0 Å². The van der Waals surface area contributed by atoms with Crippen molar-refractivity contribution in [3.63, 3.8) is 0 Å². The monoisotopic (exact) mass is 294 g/mol. The van der Waals surface area contributed by atoms with Crippen molar-refractivity contribution < 1.29 is 8.42 Å². The number of aromatic amines is 1. The summed E-state index contributed by atoms with van der Waals surface area (Å²) < 4.78 is 24.7. The van der Waals surface area contributed by atoms with Gasteiger partial charge < -0.3 is 9.88 Å². The minimum absolute atomic E-state index is 0.363. The van der Waals surface area contributed by atoms with Gasteiger partial charge >= 0.3 is 0 Å². The van der Waals surface area contributed by atoms with E-state index in [1.165, 1.54) is 0 Å². The molecule has 0 spiro atoms. The zero-order chi connectivity index (χ0) is 14.4. The number of hydrogen-bond acceptors (Lipinski definition) is 4. The predicted octanol–water partition coefficient (Wildman–Crippen LogP) is 0.966. The molecule has 108 valence electrons. The van der Waals surface area contributed by atoms with Crippen LogP contribution in [-0.4, -0.2) is 37.7 Å². The minimum Gasteiger partial charge on any atom is -0.364 e. The number of nitrogens with zero attached hydrogens (tertiary/aromatic N) is 2. The molecule has 7 heteroatoms. The van der Waals surface area contributed by atoms with Gasteiger partial charge in [-0.25, -0.2) is 18.1 Å².